The second-order valence-electron chi connectivity index (χ2n) is 8.19. The van der Waals surface area contributed by atoms with Gasteiger partial charge in [0.2, 0.25) is 5.91 Å². The predicted molar refractivity (Wildman–Crippen MR) is 134 cm³/mol. The fourth-order valence-corrected chi connectivity index (χ4v) is 4.13. The van der Waals surface area contributed by atoms with E-state index in [1.165, 1.54) is 10.9 Å². The molecule has 0 saturated carbocycles. The molecule has 1 unspecified atom stereocenters. The molecule has 0 bridgehead atoms. The van der Waals surface area contributed by atoms with Gasteiger partial charge in [0.1, 0.15) is 6.54 Å². The van der Waals surface area contributed by atoms with Crippen molar-refractivity contribution in [2.24, 2.45) is 0 Å². The molecular formula is C25H26ClN5O4. The van der Waals surface area contributed by atoms with Gasteiger partial charge in [0.05, 0.1) is 25.5 Å². The summed E-state index contributed by atoms with van der Waals surface area (Å²) in [7, 11) is 1.56. The van der Waals surface area contributed by atoms with Crippen LogP contribution in [0.15, 0.2) is 70.5 Å². The van der Waals surface area contributed by atoms with Crippen LogP contribution in [0.4, 0.5) is 0 Å². The van der Waals surface area contributed by atoms with E-state index in [1.54, 1.807) is 29.9 Å². The minimum absolute atomic E-state index is 0.207. The molecule has 0 saturated heterocycles. The van der Waals surface area contributed by atoms with E-state index >= 15 is 0 Å². The maximum atomic E-state index is 13.4. The number of halogens is 1. The topological polar surface area (TPSA) is 100 Å². The molecule has 4 rings (SSSR count). The second-order valence-corrected chi connectivity index (χ2v) is 8.63. The molecule has 10 heteroatoms. The number of benzene rings is 2. The van der Waals surface area contributed by atoms with Crippen LogP contribution >= 0.6 is 11.6 Å². The van der Waals surface area contributed by atoms with Crippen molar-refractivity contribution in [3.05, 3.63) is 97.9 Å². The van der Waals surface area contributed by atoms with Crippen molar-refractivity contribution < 1.29 is 9.53 Å². The molecule has 0 fully saturated rings. The molecule has 1 amide bonds. The van der Waals surface area contributed by atoms with Crippen LogP contribution in [0.5, 0.6) is 0 Å². The number of hydrogen-bond donors (Lipinski definition) is 1. The Morgan fingerprint density at radius 1 is 1.11 bits per heavy atom. The number of aromatic nitrogens is 4. The Kier molecular flexibility index (Phi) is 7.48. The van der Waals surface area contributed by atoms with Gasteiger partial charge in [0.15, 0.2) is 11.2 Å². The highest BCUT2D eigenvalue weighted by atomic mass is 35.5. The first-order valence-corrected chi connectivity index (χ1v) is 11.5. The zero-order valence-corrected chi connectivity index (χ0v) is 20.2. The summed E-state index contributed by atoms with van der Waals surface area (Å²) >= 11 is 6.06. The van der Waals surface area contributed by atoms with E-state index < -0.39 is 23.7 Å². The van der Waals surface area contributed by atoms with E-state index in [0.29, 0.717) is 18.2 Å². The SMILES string of the molecule is COCCn1cnc2c1c(=O)n(CC(=O)NC(C)c1cccc(Cl)c1)c(=O)n2Cc1ccccc1. The third kappa shape index (κ3) is 5.36. The Hall–Kier alpha value is -3.69. The number of hydrogen-bond acceptors (Lipinski definition) is 5. The van der Waals surface area contributed by atoms with Crippen LogP contribution in [0, 0.1) is 0 Å². The lowest BCUT2D eigenvalue weighted by molar-refractivity contribution is -0.122. The van der Waals surface area contributed by atoms with Crippen LogP contribution in [-0.2, 0) is 29.2 Å². The van der Waals surface area contributed by atoms with Crippen LogP contribution in [-0.4, -0.2) is 38.3 Å². The molecule has 182 valence electrons. The third-order valence-corrected chi connectivity index (χ3v) is 5.97. The van der Waals surface area contributed by atoms with Gasteiger partial charge in [-0.3, -0.25) is 14.2 Å². The number of carbonyl (C=O) groups excluding carboxylic acids is 1. The fourth-order valence-electron chi connectivity index (χ4n) is 3.94. The first-order chi connectivity index (χ1) is 16.9. The van der Waals surface area contributed by atoms with E-state index in [0.717, 1.165) is 15.7 Å². The number of rotatable bonds is 9. The third-order valence-electron chi connectivity index (χ3n) is 5.73. The molecule has 2 aromatic heterocycles. The first-order valence-electron chi connectivity index (χ1n) is 11.1. The van der Waals surface area contributed by atoms with Gasteiger partial charge < -0.3 is 14.6 Å². The summed E-state index contributed by atoms with van der Waals surface area (Å²) in [6.45, 7) is 2.33. The molecule has 0 aliphatic heterocycles. The van der Waals surface area contributed by atoms with Crippen molar-refractivity contribution >= 4 is 28.7 Å². The lowest BCUT2D eigenvalue weighted by Crippen LogP contribution is -2.44. The summed E-state index contributed by atoms with van der Waals surface area (Å²) in [6, 6.07) is 16.2. The molecule has 2 aromatic carbocycles. The van der Waals surface area contributed by atoms with Crippen molar-refractivity contribution in [2.75, 3.05) is 13.7 Å². The van der Waals surface area contributed by atoms with Gasteiger partial charge >= 0.3 is 5.69 Å². The van der Waals surface area contributed by atoms with E-state index in [9.17, 15) is 14.4 Å². The number of ether oxygens (including phenoxy) is 1. The summed E-state index contributed by atoms with van der Waals surface area (Å²) in [5, 5.41) is 3.39. The van der Waals surface area contributed by atoms with Gasteiger partial charge in [0.25, 0.3) is 5.56 Å². The lowest BCUT2D eigenvalue weighted by Gasteiger charge is -2.16. The van der Waals surface area contributed by atoms with Crippen LogP contribution < -0.4 is 16.6 Å². The molecule has 0 aliphatic carbocycles. The number of amides is 1. The molecule has 0 aliphatic rings. The van der Waals surface area contributed by atoms with E-state index in [2.05, 4.69) is 10.3 Å². The first kappa shape index (κ1) is 24.4. The van der Waals surface area contributed by atoms with Crippen molar-refractivity contribution in [3.63, 3.8) is 0 Å². The average Bonchev–Trinajstić information content (AvgIpc) is 3.27. The Morgan fingerprint density at radius 3 is 2.60 bits per heavy atom. The van der Waals surface area contributed by atoms with E-state index in [-0.39, 0.29) is 23.8 Å². The highest BCUT2D eigenvalue weighted by Gasteiger charge is 2.20. The summed E-state index contributed by atoms with van der Waals surface area (Å²) in [6.07, 6.45) is 1.51. The molecule has 9 nitrogen and oxygen atoms in total. The zero-order valence-electron chi connectivity index (χ0n) is 19.5. The summed E-state index contributed by atoms with van der Waals surface area (Å²) in [5.74, 6) is -0.467. The van der Waals surface area contributed by atoms with E-state index in [1.807, 2.05) is 43.3 Å². The molecule has 1 N–H and O–H groups in total. The van der Waals surface area contributed by atoms with Crippen molar-refractivity contribution in [1.29, 1.82) is 0 Å². The maximum Gasteiger partial charge on any atom is 0.333 e. The van der Waals surface area contributed by atoms with Gasteiger partial charge in [-0.25, -0.2) is 14.3 Å². The van der Waals surface area contributed by atoms with Crippen LogP contribution in [0.1, 0.15) is 24.1 Å². The van der Waals surface area contributed by atoms with Gasteiger partial charge in [-0.2, -0.15) is 0 Å². The highest BCUT2D eigenvalue weighted by molar-refractivity contribution is 6.30. The molecule has 0 spiro atoms. The van der Waals surface area contributed by atoms with Crippen molar-refractivity contribution in [3.8, 4) is 0 Å². The Morgan fingerprint density at radius 2 is 1.89 bits per heavy atom. The molecule has 0 radical (unpaired) electrons. The summed E-state index contributed by atoms with van der Waals surface area (Å²) in [4.78, 5) is 44.0. The van der Waals surface area contributed by atoms with Gasteiger partial charge in [-0.1, -0.05) is 54.1 Å². The number of imidazole rings is 1. The van der Waals surface area contributed by atoms with Gasteiger partial charge in [0, 0.05) is 18.7 Å². The maximum absolute atomic E-state index is 13.4. The highest BCUT2D eigenvalue weighted by Crippen LogP contribution is 2.17. The largest absolute Gasteiger partial charge is 0.383 e. The number of carbonyl (C=O) groups is 1. The van der Waals surface area contributed by atoms with Gasteiger partial charge in [-0.15, -0.1) is 0 Å². The second kappa shape index (κ2) is 10.7. The fraction of sp³-hybridized carbons (Fsp3) is 0.280. The van der Waals surface area contributed by atoms with Crippen molar-refractivity contribution in [2.45, 2.75) is 32.6 Å². The Balaban J connectivity index is 1.72. The van der Waals surface area contributed by atoms with Crippen LogP contribution in [0.3, 0.4) is 0 Å². The average molecular weight is 496 g/mol. The predicted octanol–water partition coefficient (Wildman–Crippen LogP) is 2.59. The molecule has 2 heterocycles. The zero-order chi connectivity index (χ0) is 24.9. The Labute approximate surface area is 206 Å². The Bertz CT molecular complexity index is 1460. The number of methoxy groups -OCH3 is 1. The number of nitrogens with zero attached hydrogens (tertiary/aromatic N) is 4. The smallest absolute Gasteiger partial charge is 0.333 e. The standard InChI is InChI=1S/C25H26ClN5O4/c1-17(19-9-6-10-20(26)13-19)28-21(32)15-31-24(33)22-23(27-16-29(22)11-12-35-2)30(25(31)34)14-18-7-4-3-5-8-18/h3-10,13,16-17H,11-12,14-15H2,1-2H3,(H,28,32). The molecule has 1 atom stereocenters. The minimum atomic E-state index is -0.603. The number of fused-ring (bicyclic) bond motifs is 1. The monoisotopic (exact) mass is 495 g/mol. The molecular weight excluding hydrogens is 470 g/mol. The van der Waals surface area contributed by atoms with Crippen molar-refractivity contribution in [1.82, 2.24) is 24.0 Å². The molecule has 35 heavy (non-hydrogen) atoms. The minimum Gasteiger partial charge on any atom is -0.383 e. The van der Waals surface area contributed by atoms with Crippen LogP contribution in [0.25, 0.3) is 11.2 Å². The van der Waals surface area contributed by atoms with E-state index in [4.69, 9.17) is 16.3 Å². The normalized spacial score (nSPS) is 12.1. The van der Waals surface area contributed by atoms with Crippen LogP contribution in [0.2, 0.25) is 5.02 Å². The molecule has 4 aromatic rings. The lowest BCUT2D eigenvalue weighted by atomic mass is 10.1. The summed E-state index contributed by atoms with van der Waals surface area (Å²) in [5.41, 5.74) is 1.01. The quantitative estimate of drug-likeness (QED) is 0.384. The number of nitrogens with one attached hydrogen (secondary N) is 1. The van der Waals surface area contributed by atoms with Gasteiger partial charge in [-0.05, 0) is 30.2 Å². The summed E-state index contributed by atoms with van der Waals surface area (Å²) < 4.78 is 9.16.